The number of azo groups is 1. The summed E-state index contributed by atoms with van der Waals surface area (Å²) in [6.07, 6.45) is 1.55. The molecule has 0 aliphatic carbocycles. The van der Waals surface area contributed by atoms with E-state index in [-0.39, 0.29) is 17.1 Å². The molecule has 1 N–H and O–H groups in total. The molecular formula is C18H20N4O3. The van der Waals surface area contributed by atoms with Crippen LogP contribution in [0.5, 0.6) is 11.6 Å². The third-order valence-electron chi connectivity index (χ3n) is 3.85. The number of methoxy groups -OCH3 is 1. The van der Waals surface area contributed by atoms with Crippen LogP contribution in [0, 0.1) is 18.3 Å². The quantitative estimate of drug-likeness (QED) is 0.804. The summed E-state index contributed by atoms with van der Waals surface area (Å²) in [5, 5.41) is 27.7. The second-order valence-electron chi connectivity index (χ2n) is 5.47. The number of hydrogen-bond donors (Lipinski definition) is 1. The van der Waals surface area contributed by atoms with Crippen molar-refractivity contribution in [3.8, 4) is 17.7 Å². The molecule has 0 fully saturated rings. The van der Waals surface area contributed by atoms with Crippen molar-refractivity contribution in [3.63, 3.8) is 0 Å². The van der Waals surface area contributed by atoms with Gasteiger partial charge in [-0.15, -0.1) is 10.2 Å². The van der Waals surface area contributed by atoms with E-state index in [4.69, 9.17) is 4.74 Å². The van der Waals surface area contributed by atoms with Gasteiger partial charge in [0.2, 0.25) is 5.88 Å². The lowest BCUT2D eigenvalue weighted by Gasteiger charge is -2.12. The summed E-state index contributed by atoms with van der Waals surface area (Å²) in [6.45, 7) is 3.86. The van der Waals surface area contributed by atoms with Gasteiger partial charge in [0.1, 0.15) is 23.1 Å². The molecule has 0 aliphatic heterocycles. The van der Waals surface area contributed by atoms with E-state index in [0.717, 1.165) is 6.42 Å². The maximum atomic E-state index is 12.7. The summed E-state index contributed by atoms with van der Waals surface area (Å²) in [5.41, 5.74) is 0.369. The Morgan fingerprint density at radius 3 is 2.68 bits per heavy atom. The Labute approximate surface area is 145 Å². The molecule has 7 heteroatoms. The Balaban J connectivity index is 2.59. The lowest BCUT2D eigenvalue weighted by atomic mass is 10.1. The normalized spacial score (nSPS) is 10.8. The van der Waals surface area contributed by atoms with Crippen LogP contribution in [-0.2, 0) is 6.54 Å². The maximum absolute atomic E-state index is 12.7. The third-order valence-corrected chi connectivity index (χ3v) is 3.85. The molecule has 0 amide bonds. The van der Waals surface area contributed by atoms with E-state index < -0.39 is 5.56 Å². The number of nitriles is 1. The van der Waals surface area contributed by atoms with E-state index >= 15 is 0 Å². The van der Waals surface area contributed by atoms with Crippen molar-refractivity contribution >= 4 is 11.4 Å². The number of benzene rings is 1. The first-order valence-corrected chi connectivity index (χ1v) is 7.96. The molecule has 130 valence electrons. The van der Waals surface area contributed by atoms with Crippen LogP contribution in [0.3, 0.4) is 0 Å². The van der Waals surface area contributed by atoms with Crippen LogP contribution >= 0.6 is 0 Å². The van der Waals surface area contributed by atoms with Crippen LogP contribution in [-0.4, -0.2) is 16.8 Å². The number of aromatic nitrogens is 1. The monoisotopic (exact) mass is 340 g/mol. The van der Waals surface area contributed by atoms with E-state index in [9.17, 15) is 15.2 Å². The Hall–Kier alpha value is -3.14. The fourth-order valence-electron chi connectivity index (χ4n) is 2.40. The molecule has 2 aromatic rings. The second kappa shape index (κ2) is 8.11. The molecule has 0 radical (unpaired) electrons. The fraction of sp³-hybridized carbons (Fsp3) is 0.333. The van der Waals surface area contributed by atoms with E-state index in [1.165, 1.54) is 11.7 Å². The van der Waals surface area contributed by atoms with Gasteiger partial charge in [-0.2, -0.15) is 5.26 Å². The number of ether oxygens (including phenoxy) is 1. The van der Waals surface area contributed by atoms with E-state index in [0.29, 0.717) is 30.0 Å². The number of pyridine rings is 1. The highest BCUT2D eigenvalue weighted by Crippen LogP contribution is 2.30. The van der Waals surface area contributed by atoms with Gasteiger partial charge in [0.25, 0.3) is 5.56 Å². The third kappa shape index (κ3) is 3.69. The van der Waals surface area contributed by atoms with Crippen LogP contribution in [0.2, 0.25) is 0 Å². The van der Waals surface area contributed by atoms with Gasteiger partial charge in [0.05, 0.1) is 7.11 Å². The van der Waals surface area contributed by atoms with Gasteiger partial charge in [0.15, 0.2) is 5.69 Å². The first kappa shape index (κ1) is 18.2. The molecule has 0 unspecified atom stereocenters. The van der Waals surface area contributed by atoms with Crippen LogP contribution in [0.4, 0.5) is 11.4 Å². The highest BCUT2D eigenvalue weighted by Gasteiger charge is 2.18. The van der Waals surface area contributed by atoms with Gasteiger partial charge in [-0.25, -0.2) is 0 Å². The first-order valence-electron chi connectivity index (χ1n) is 7.96. The summed E-state index contributed by atoms with van der Waals surface area (Å²) in [5.74, 6) is 0.198. The molecular weight excluding hydrogens is 320 g/mol. The largest absolute Gasteiger partial charge is 0.494 e. The Kier molecular flexibility index (Phi) is 5.90. The standard InChI is InChI=1S/C18H20N4O3/c1-4-5-10-22-17(23)13(11-19)12(2)16(18(22)24)21-20-14-8-6-7-9-15(14)25-3/h6-9,23H,4-5,10H2,1-3H3. The lowest BCUT2D eigenvalue weighted by Crippen LogP contribution is -2.22. The minimum atomic E-state index is -0.471. The first-order chi connectivity index (χ1) is 12.0. The molecule has 0 bridgehead atoms. The van der Waals surface area contributed by atoms with Crippen molar-refractivity contribution in [2.24, 2.45) is 10.2 Å². The second-order valence-corrected chi connectivity index (χ2v) is 5.47. The minimum absolute atomic E-state index is 0.0321. The Bertz CT molecular complexity index is 894. The molecule has 0 atom stereocenters. The Morgan fingerprint density at radius 1 is 1.32 bits per heavy atom. The fourth-order valence-corrected chi connectivity index (χ4v) is 2.40. The highest BCUT2D eigenvalue weighted by atomic mass is 16.5. The van der Waals surface area contributed by atoms with Crippen LogP contribution in [0.15, 0.2) is 39.3 Å². The molecule has 1 aromatic heterocycles. The van der Waals surface area contributed by atoms with Gasteiger partial charge < -0.3 is 9.84 Å². The maximum Gasteiger partial charge on any atom is 0.281 e. The zero-order valence-electron chi connectivity index (χ0n) is 14.5. The van der Waals surface area contributed by atoms with E-state index in [1.54, 1.807) is 31.2 Å². The van der Waals surface area contributed by atoms with Crippen molar-refractivity contribution in [1.29, 1.82) is 5.26 Å². The molecule has 1 heterocycles. The molecule has 25 heavy (non-hydrogen) atoms. The molecule has 7 nitrogen and oxygen atoms in total. The number of para-hydroxylation sites is 1. The van der Waals surface area contributed by atoms with Crippen molar-refractivity contribution in [2.45, 2.75) is 33.2 Å². The van der Waals surface area contributed by atoms with Gasteiger partial charge in [-0.3, -0.25) is 9.36 Å². The van der Waals surface area contributed by atoms with Gasteiger partial charge in [-0.1, -0.05) is 25.5 Å². The Morgan fingerprint density at radius 2 is 2.04 bits per heavy atom. The molecule has 0 spiro atoms. The van der Waals surface area contributed by atoms with Gasteiger partial charge in [0, 0.05) is 12.1 Å². The average Bonchev–Trinajstić information content (AvgIpc) is 2.62. The predicted octanol–water partition coefficient (Wildman–Crippen LogP) is 3.96. The van der Waals surface area contributed by atoms with Crippen molar-refractivity contribution in [2.75, 3.05) is 7.11 Å². The summed E-state index contributed by atoms with van der Waals surface area (Å²) in [6, 6.07) is 8.95. The van der Waals surface area contributed by atoms with Gasteiger partial charge >= 0.3 is 0 Å². The zero-order valence-corrected chi connectivity index (χ0v) is 14.5. The number of hydrogen-bond acceptors (Lipinski definition) is 6. The van der Waals surface area contributed by atoms with E-state index in [1.807, 2.05) is 13.0 Å². The van der Waals surface area contributed by atoms with Crippen molar-refractivity contribution in [3.05, 3.63) is 45.7 Å². The molecule has 1 aromatic carbocycles. The molecule has 0 saturated heterocycles. The van der Waals surface area contributed by atoms with Crippen LogP contribution in [0.1, 0.15) is 30.9 Å². The van der Waals surface area contributed by atoms with Crippen molar-refractivity contribution < 1.29 is 9.84 Å². The number of unbranched alkanes of at least 4 members (excludes halogenated alkanes) is 1. The van der Waals surface area contributed by atoms with Gasteiger partial charge in [-0.05, 0) is 25.5 Å². The number of rotatable bonds is 6. The lowest BCUT2D eigenvalue weighted by molar-refractivity contribution is 0.399. The number of nitrogens with zero attached hydrogens (tertiary/aromatic N) is 4. The van der Waals surface area contributed by atoms with Crippen molar-refractivity contribution in [1.82, 2.24) is 4.57 Å². The summed E-state index contributed by atoms with van der Waals surface area (Å²) >= 11 is 0. The average molecular weight is 340 g/mol. The zero-order chi connectivity index (χ0) is 18.4. The van der Waals surface area contributed by atoms with Crippen LogP contribution < -0.4 is 10.3 Å². The highest BCUT2D eigenvalue weighted by molar-refractivity contribution is 5.57. The SMILES string of the molecule is CCCCn1c(O)c(C#N)c(C)c(N=Nc2ccccc2OC)c1=O. The molecule has 2 rings (SSSR count). The summed E-state index contributed by atoms with van der Waals surface area (Å²) < 4.78 is 6.38. The summed E-state index contributed by atoms with van der Waals surface area (Å²) in [7, 11) is 1.52. The molecule has 0 saturated carbocycles. The van der Waals surface area contributed by atoms with E-state index in [2.05, 4.69) is 10.2 Å². The topological polar surface area (TPSA) is 100.0 Å². The smallest absolute Gasteiger partial charge is 0.281 e. The van der Waals surface area contributed by atoms with Crippen LogP contribution in [0.25, 0.3) is 0 Å². The number of aromatic hydroxyl groups is 1. The molecule has 0 aliphatic rings. The predicted molar refractivity (Wildman–Crippen MR) is 93.9 cm³/mol. The minimum Gasteiger partial charge on any atom is -0.494 e. The summed E-state index contributed by atoms with van der Waals surface area (Å²) in [4.78, 5) is 12.7.